The lowest BCUT2D eigenvalue weighted by molar-refractivity contribution is -0.161. The van der Waals surface area contributed by atoms with Crippen molar-refractivity contribution in [2.45, 2.75) is 264 Å². The molecule has 0 bridgehead atoms. The van der Waals surface area contributed by atoms with E-state index in [9.17, 15) is 28.9 Å². The van der Waals surface area contributed by atoms with Gasteiger partial charge in [0.2, 0.25) is 0 Å². The van der Waals surface area contributed by atoms with Gasteiger partial charge in [0.15, 0.2) is 6.10 Å². The number of esters is 3. The Hall–Kier alpha value is -2.82. The van der Waals surface area contributed by atoms with Gasteiger partial charge in [0.25, 0.3) is 0 Å². The summed E-state index contributed by atoms with van der Waals surface area (Å²) in [4.78, 5) is 48.4. The normalized spacial score (nSPS) is 13.8. The van der Waals surface area contributed by atoms with Crippen molar-refractivity contribution in [3.8, 4) is 0 Å². The Morgan fingerprint density at radius 3 is 1.21 bits per heavy atom. The highest BCUT2D eigenvalue weighted by atomic mass is 31.2. The molecular formula is C58H103O11P. The minimum atomic E-state index is -4.75. The summed E-state index contributed by atoms with van der Waals surface area (Å²) in [5.41, 5.74) is 0. The lowest BCUT2D eigenvalue weighted by Crippen LogP contribution is -2.30. The molecule has 0 saturated carbocycles. The second-order valence-corrected chi connectivity index (χ2v) is 20.2. The van der Waals surface area contributed by atoms with Crippen LogP contribution in [0, 0.1) is 0 Å². The molecule has 11 nitrogen and oxygen atoms in total. The van der Waals surface area contributed by atoms with Crippen LogP contribution in [0.4, 0.5) is 0 Å². The summed E-state index contributed by atoms with van der Waals surface area (Å²) in [6.07, 6.45) is 56.1. The van der Waals surface area contributed by atoms with Crippen LogP contribution in [0.1, 0.15) is 252 Å². The number of unbranched alkanes of at least 4 members (excludes halogenated alkanes) is 25. The molecule has 0 aliphatic heterocycles. The molecule has 0 aromatic carbocycles. The van der Waals surface area contributed by atoms with Gasteiger partial charge in [0.05, 0.1) is 19.8 Å². The number of phosphoric ester groups is 1. The van der Waals surface area contributed by atoms with E-state index in [1.54, 1.807) is 0 Å². The Morgan fingerprint density at radius 1 is 0.414 bits per heavy atom. The van der Waals surface area contributed by atoms with Gasteiger partial charge in [-0.05, 0) is 77.0 Å². The van der Waals surface area contributed by atoms with Crippen LogP contribution in [-0.4, -0.2) is 66.5 Å². The van der Waals surface area contributed by atoms with E-state index < -0.39 is 57.8 Å². The van der Waals surface area contributed by atoms with Gasteiger partial charge in [-0.2, -0.15) is 0 Å². The van der Waals surface area contributed by atoms with Crippen LogP contribution in [0.2, 0.25) is 0 Å². The molecule has 2 N–H and O–H groups in total. The van der Waals surface area contributed by atoms with Crippen LogP contribution >= 0.6 is 7.82 Å². The molecule has 0 aromatic rings. The highest BCUT2D eigenvalue weighted by Gasteiger charge is 2.28. The van der Waals surface area contributed by atoms with Gasteiger partial charge in [-0.1, -0.05) is 216 Å². The first-order valence-electron chi connectivity index (χ1n) is 28.2. The fourth-order valence-electron chi connectivity index (χ4n) is 7.64. The number of hydrogen-bond donors (Lipinski definition) is 2. The Kier molecular flexibility index (Phi) is 50.4. The summed E-state index contributed by atoms with van der Waals surface area (Å²) >= 11 is 0. The smallest absolute Gasteiger partial charge is 0.462 e. The maximum Gasteiger partial charge on any atom is 0.472 e. The van der Waals surface area contributed by atoms with E-state index in [4.69, 9.17) is 23.3 Å². The summed E-state index contributed by atoms with van der Waals surface area (Å²) in [5.74, 6) is -1.50. The van der Waals surface area contributed by atoms with Gasteiger partial charge < -0.3 is 24.2 Å². The molecule has 0 spiro atoms. The molecule has 0 aliphatic rings. The molecule has 0 fully saturated rings. The maximum atomic E-state index is 12.9. The number of ether oxygens (including phenoxy) is 3. The molecule has 3 atom stereocenters. The van der Waals surface area contributed by atoms with Gasteiger partial charge in [-0.15, -0.1) is 0 Å². The summed E-state index contributed by atoms with van der Waals surface area (Å²) in [6.45, 7) is 4.43. The van der Waals surface area contributed by atoms with E-state index in [1.807, 2.05) is 0 Å². The zero-order valence-corrected chi connectivity index (χ0v) is 45.6. The van der Waals surface area contributed by atoms with Crippen molar-refractivity contribution < 1.29 is 52.2 Å². The van der Waals surface area contributed by atoms with E-state index in [1.165, 1.54) is 89.9 Å². The summed E-state index contributed by atoms with van der Waals surface area (Å²) in [5, 5.41) is 9.79. The molecule has 12 heteroatoms. The average Bonchev–Trinajstić information content (AvgIpc) is 3.35. The van der Waals surface area contributed by atoms with Crippen molar-refractivity contribution >= 4 is 25.7 Å². The van der Waals surface area contributed by atoms with Crippen LogP contribution < -0.4 is 0 Å². The fourth-order valence-corrected chi connectivity index (χ4v) is 8.43. The molecule has 70 heavy (non-hydrogen) atoms. The maximum absolute atomic E-state index is 12.9. The molecule has 0 aromatic heterocycles. The highest BCUT2D eigenvalue weighted by Crippen LogP contribution is 2.43. The van der Waals surface area contributed by atoms with Crippen molar-refractivity contribution in [2.75, 3.05) is 26.4 Å². The molecular weight excluding hydrogens is 904 g/mol. The Balaban J connectivity index is 4.74. The number of rotatable bonds is 52. The van der Waals surface area contributed by atoms with Crippen LogP contribution in [0.15, 0.2) is 60.8 Å². The molecule has 0 rings (SSSR count). The van der Waals surface area contributed by atoms with E-state index in [0.717, 1.165) is 103 Å². The summed E-state index contributed by atoms with van der Waals surface area (Å²) in [6, 6.07) is 0. The quantitative estimate of drug-likeness (QED) is 0.0197. The lowest BCUT2D eigenvalue weighted by atomic mass is 10.0. The minimum absolute atomic E-state index is 0.141. The molecule has 0 radical (unpaired) electrons. The van der Waals surface area contributed by atoms with Crippen LogP contribution in [0.5, 0.6) is 0 Å². The second kappa shape index (κ2) is 52.5. The van der Waals surface area contributed by atoms with Crippen molar-refractivity contribution in [3.63, 3.8) is 0 Å². The van der Waals surface area contributed by atoms with E-state index >= 15 is 0 Å². The minimum Gasteiger partial charge on any atom is -0.462 e. The third kappa shape index (κ3) is 50.1. The summed E-state index contributed by atoms with van der Waals surface area (Å²) in [7, 11) is -4.75. The van der Waals surface area contributed by atoms with E-state index in [0.29, 0.717) is 19.3 Å². The number of aliphatic hydroxyl groups is 1. The van der Waals surface area contributed by atoms with Crippen molar-refractivity contribution in [1.82, 2.24) is 0 Å². The Labute approximate surface area is 427 Å². The third-order valence-corrected chi connectivity index (χ3v) is 12.9. The second-order valence-electron chi connectivity index (χ2n) is 18.7. The standard InChI is InChI=1S/C58H103O11P/c1-4-7-10-13-16-19-22-25-26-27-28-31-34-37-40-43-46-49-58(62)69-55(51-65-56(60)47-44-41-38-35-32-29-23-20-17-14-11-8-5-2)53-67-70(63,64)66-52-54(50-59)68-57(61)48-45-42-39-36-33-30-24-21-18-15-12-9-6-3/h9,11-12,14,18,20-21,23,30,33,54-55,59H,4-8,10,13,15-17,19,22,24-29,31-32,34-53H2,1-3H3,(H,63,64)/b12-9-,14-11-,21-18-,23-20-,33-30-. The third-order valence-electron chi connectivity index (χ3n) is 11.9. The van der Waals surface area contributed by atoms with E-state index in [2.05, 4.69) is 81.5 Å². The predicted octanol–water partition coefficient (Wildman–Crippen LogP) is 16.4. The number of allylic oxidation sites excluding steroid dienone is 10. The largest absolute Gasteiger partial charge is 0.472 e. The van der Waals surface area contributed by atoms with Gasteiger partial charge in [0, 0.05) is 19.3 Å². The summed E-state index contributed by atoms with van der Waals surface area (Å²) < 4.78 is 39.4. The Morgan fingerprint density at radius 2 is 0.771 bits per heavy atom. The van der Waals surface area contributed by atoms with E-state index in [-0.39, 0.29) is 25.9 Å². The lowest BCUT2D eigenvalue weighted by Gasteiger charge is -2.21. The first kappa shape index (κ1) is 67.2. The number of carbonyl (C=O) groups excluding carboxylic acids is 3. The first-order valence-corrected chi connectivity index (χ1v) is 29.7. The predicted molar refractivity (Wildman–Crippen MR) is 288 cm³/mol. The average molecular weight is 1010 g/mol. The van der Waals surface area contributed by atoms with Crippen LogP contribution in [-0.2, 0) is 42.2 Å². The fraction of sp³-hybridized carbons (Fsp3) is 0.776. The zero-order valence-electron chi connectivity index (χ0n) is 44.7. The zero-order chi connectivity index (χ0) is 51.3. The van der Waals surface area contributed by atoms with Gasteiger partial charge in [-0.25, -0.2) is 4.57 Å². The van der Waals surface area contributed by atoms with Crippen molar-refractivity contribution in [3.05, 3.63) is 60.8 Å². The molecule has 0 amide bonds. The van der Waals surface area contributed by atoms with Crippen molar-refractivity contribution in [1.29, 1.82) is 0 Å². The number of carbonyl (C=O) groups is 3. The topological polar surface area (TPSA) is 155 Å². The molecule has 0 saturated heterocycles. The Bertz CT molecular complexity index is 1410. The highest BCUT2D eigenvalue weighted by molar-refractivity contribution is 7.47. The molecule has 406 valence electrons. The van der Waals surface area contributed by atoms with Crippen LogP contribution in [0.25, 0.3) is 0 Å². The number of phosphoric acid groups is 1. The van der Waals surface area contributed by atoms with Crippen molar-refractivity contribution in [2.24, 2.45) is 0 Å². The van der Waals surface area contributed by atoms with Gasteiger partial charge in [0.1, 0.15) is 12.7 Å². The number of hydrogen-bond acceptors (Lipinski definition) is 10. The molecule has 0 aliphatic carbocycles. The first-order chi connectivity index (χ1) is 34.2. The molecule has 0 heterocycles. The SMILES string of the molecule is CC/C=C\C/C=C\C/C=C\CCCCCC(=O)OC(CO)COP(=O)(O)OCC(COC(=O)CCCCCCC/C=C\C/C=C\CCC)OC(=O)CCCCCCCCCCCCCCCCCCC. The van der Waals surface area contributed by atoms with Gasteiger partial charge in [-0.3, -0.25) is 23.4 Å². The van der Waals surface area contributed by atoms with Crippen LogP contribution in [0.3, 0.4) is 0 Å². The number of aliphatic hydroxyl groups excluding tert-OH is 1. The van der Waals surface area contributed by atoms with Gasteiger partial charge >= 0.3 is 25.7 Å². The monoisotopic (exact) mass is 1010 g/mol. The molecule has 3 unspecified atom stereocenters.